The standard InChI is InChI=1S/C12H21N3/c1-4-15(9-10(2)3)12-6-5-7-14-11(12)8-13/h5-7,10H,4,8-9,13H2,1-3H3. The number of nitrogens with zero attached hydrogens (tertiary/aromatic N) is 2. The van der Waals surface area contributed by atoms with E-state index < -0.39 is 0 Å². The van der Waals surface area contributed by atoms with Crippen LogP contribution in [0.4, 0.5) is 5.69 Å². The lowest BCUT2D eigenvalue weighted by Crippen LogP contribution is -2.28. The Morgan fingerprint density at radius 1 is 1.47 bits per heavy atom. The zero-order chi connectivity index (χ0) is 11.3. The molecule has 0 atom stereocenters. The highest BCUT2D eigenvalue weighted by molar-refractivity contribution is 5.50. The Kier molecular flexibility index (Phi) is 4.56. The number of pyridine rings is 1. The fraction of sp³-hybridized carbons (Fsp3) is 0.583. The van der Waals surface area contributed by atoms with E-state index in [0.717, 1.165) is 18.8 Å². The van der Waals surface area contributed by atoms with Crippen LogP contribution in [0.3, 0.4) is 0 Å². The summed E-state index contributed by atoms with van der Waals surface area (Å²) in [6.45, 7) is 9.16. The molecule has 0 fully saturated rings. The third kappa shape index (κ3) is 3.20. The minimum atomic E-state index is 0.505. The van der Waals surface area contributed by atoms with E-state index in [-0.39, 0.29) is 0 Å². The highest BCUT2D eigenvalue weighted by Gasteiger charge is 2.10. The average Bonchev–Trinajstić information content (AvgIpc) is 2.25. The molecule has 1 rings (SSSR count). The van der Waals surface area contributed by atoms with Crippen LogP contribution in [0.2, 0.25) is 0 Å². The Hall–Kier alpha value is -1.09. The van der Waals surface area contributed by atoms with Crippen molar-refractivity contribution < 1.29 is 0 Å². The molecule has 0 aliphatic carbocycles. The third-order valence-electron chi connectivity index (χ3n) is 2.37. The molecular formula is C12H21N3. The number of aromatic nitrogens is 1. The van der Waals surface area contributed by atoms with E-state index in [2.05, 4.69) is 36.7 Å². The van der Waals surface area contributed by atoms with Crippen LogP contribution in [0, 0.1) is 5.92 Å². The Morgan fingerprint density at radius 3 is 2.73 bits per heavy atom. The molecule has 0 radical (unpaired) electrons. The van der Waals surface area contributed by atoms with Gasteiger partial charge in [-0.15, -0.1) is 0 Å². The van der Waals surface area contributed by atoms with Crippen LogP contribution in [0.1, 0.15) is 26.5 Å². The van der Waals surface area contributed by atoms with Crippen molar-refractivity contribution in [3.05, 3.63) is 24.0 Å². The van der Waals surface area contributed by atoms with Crippen molar-refractivity contribution in [3.8, 4) is 0 Å². The molecule has 1 aromatic rings. The van der Waals surface area contributed by atoms with Crippen molar-refractivity contribution >= 4 is 5.69 Å². The molecule has 15 heavy (non-hydrogen) atoms. The summed E-state index contributed by atoms with van der Waals surface area (Å²) in [5, 5.41) is 0. The van der Waals surface area contributed by atoms with Gasteiger partial charge in [0.25, 0.3) is 0 Å². The topological polar surface area (TPSA) is 42.2 Å². The van der Waals surface area contributed by atoms with Crippen LogP contribution >= 0.6 is 0 Å². The second-order valence-electron chi connectivity index (χ2n) is 4.11. The van der Waals surface area contributed by atoms with Crippen LogP contribution in [0.25, 0.3) is 0 Å². The average molecular weight is 207 g/mol. The minimum Gasteiger partial charge on any atom is -0.370 e. The Bertz CT molecular complexity index is 297. The van der Waals surface area contributed by atoms with Gasteiger partial charge in [-0.05, 0) is 25.0 Å². The normalized spacial score (nSPS) is 10.7. The molecule has 0 bridgehead atoms. The van der Waals surface area contributed by atoms with E-state index in [1.165, 1.54) is 5.69 Å². The summed E-state index contributed by atoms with van der Waals surface area (Å²) in [5.41, 5.74) is 7.85. The van der Waals surface area contributed by atoms with Crippen molar-refractivity contribution in [1.29, 1.82) is 0 Å². The van der Waals surface area contributed by atoms with E-state index in [0.29, 0.717) is 12.5 Å². The van der Waals surface area contributed by atoms with Gasteiger partial charge >= 0.3 is 0 Å². The molecule has 1 aromatic heterocycles. The van der Waals surface area contributed by atoms with Gasteiger partial charge in [0.15, 0.2) is 0 Å². The van der Waals surface area contributed by atoms with Gasteiger partial charge in [0, 0.05) is 25.8 Å². The monoisotopic (exact) mass is 207 g/mol. The number of hydrogen-bond donors (Lipinski definition) is 1. The molecule has 0 aliphatic heterocycles. The maximum Gasteiger partial charge on any atom is 0.0772 e. The maximum atomic E-state index is 5.68. The lowest BCUT2D eigenvalue weighted by molar-refractivity contribution is 0.616. The quantitative estimate of drug-likeness (QED) is 0.803. The molecule has 0 amide bonds. The first-order valence-electron chi connectivity index (χ1n) is 5.58. The molecule has 0 spiro atoms. The van der Waals surface area contributed by atoms with Gasteiger partial charge in [-0.1, -0.05) is 13.8 Å². The van der Waals surface area contributed by atoms with Gasteiger partial charge in [0.1, 0.15) is 0 Å². The van der Waals surface area contributed by atoms with Gasteiger partial charge < -0.3 is 10.6 Å². The molecule has 0 saturated heterocycles. The number of rotatable bonds is 5. The van der Waals surface area contributed by atoms with E-state index in [1.807, 2.05) is 6.07 Å². The van der Waals surface area contributed by atoms with E-state index >= 15 is 0 Å². The van der Waals surface area contributed by atoms with Crippen LogP contribution in [-0.2, 0) is 6.54 Å². The SMILES string of the molecule is CCN(CC(C)C)c1cccnc1CN. The Balaban J connectivity index is 2.90. The molecule has 0 unspecified atom stereocenters. The summed E-state index contributed by atoms with van der Waals surface area (Å²) >= 11 is 0. The number of hydrogen-bond acceptors (Lipinski definition) is 3. The molecular weight excluding hydrogens is 186 g/mol. The fourth-order valence-electron chi connectivity index (χ4n) is 1.71. The van der Waals surface area contributed by atoms with Gasteiger partial charge in [0.2, 0.25) is 0 Å². The van der Waals surface area contributed by atoms with Crippen LogP contribution in [0.5, 0.6) is 0 Å². The summed E-state index contributed by atoms with van der Waals surface area (Å²) in [4.78, 5) is 6.64. The maximum absolute atomic E-state index is 5.68. The molecule has 1 heterocycles. The van der Waals surface area contributed by atoms with E-state index in [1.54, 1.807) is 6.20 Å². The Labute approximate surface area is 92.3 Å². The van der Waals surface area contributed by atoms with E-state index in [9.17, 15) is 0 Å². The molecule has 3 nitrogen and oxygen atoms in total. The summed E-state index contributed by atoms with van der Waals surface area (Å²) in [6.07, 6.45) is 1.80. The second-order valence-corrected chi connectivity index (χ2v) is 4.11. The lowest BCUT2D eigenvalue weighted by atomic mass is 10.2. The fourth-order valence-corrected chi connectivity index (χ4v) is 1.71. The lowest BCUT2D eigenvalue weighted by Gasteiger charge is -2.26. The first-order valence-corrected chi connectivity index (χ1v) is 5.58. The van der Waals surface area contributed by atoms with Crippen LogP contribution in [-0.4, -0.2) is 18.1 Å². The highest BCUT2D eigenvalue weighted by atomic mass is 15.1. The molecule has 3 heteroatoms. The van der Waals surface area contributed by atoms with Gasteiger partial charge in [-0.25, -0.2) is 0 Å². The molecule has 0 aliphatic rings. The minimum absolute atomic E-state index is 0.505. The highest BCUT2D eigenvalue weighted by Crippen LogP contribution is 2.18. The summed E-state index contributed by atoms with van der Waals surface area (Å²) in [7, 11) is 0. The zero-order valence-electron chi connectivity index (χ0n) is 9.90. The van der Waals surface area contributed by atoms with Crippen molar-refractivity contribution in [2.24, 2.45) is 11.7 Å². The largest absolute Gasteiger partial charge is 0.370 e. The van der Waals surface area contributed by atoms with Crippen molar-refractivity contribution in [2.45, 2.75) is 27.3 Å². The number of nitrogens with two attached hydrogens (primary N) is 1. The van der Waals surface area contributed by atoms with Crippen LogP contribution < -0.4 is 10.6 Å². The predicted octanol–water partition coefficient (Wildman–Crippen LogP) is 2.02. The smallest absolute Gasteiger partial charge is 0.0772 e. The van der Waals surface area contributed by atoms with E-state index in [4.69, 9.17) is 5.73 Å². The molecule has 2 N–H and O–H groups in total. The molecule has 0 saturated carbocycles. The molecule has 0 aromatic carbocycles. The van der Waals surface area contributed by atoms with Crippen molar-refractivity contribution in [3.63, 3.8) is 0 Å². The van der Waals surface area contributed by atoms with Gasteiger partial charge in [-0.2, -0.15) is 0 Å². The predicted molar refractivity (Wildman–Crippen MR) is 64.9 cm³/mol. The summed E-state index contributed by atoms with van der Waals surface area (Å²) < 4.78 is 0. The van der Waals surface area contributed by atoms with Crippen molar-refractivity contribution in [1.82, 2.24) is 4.98 Å². The second kappa shape index (κ2) is 5.71. The summed E-state index contributed by atoms with van der Waals surface area (Å²) in [6, 6.07) is 4.07. The number of anilines is 1. The summed E-state index contributed by atoms with van der Waals surface area (Å²) in [5.74, 6) is 0.649. The van der Waals surface area contributed by atoms with Crippen molar-refractivity contribution in [2.75, 3.05) is 18.0 Å². The first kappa shape index (κ1) is 12.0. The molecule has 84 valence electrons. The van der Waals surface area contributed by atoms with Crippen LogP contribution in [0.15, 0.2) is 18.3 Å². The third-order valence-corrected chi connectivity index (χ3v) is 2.37. The zero-order valence-corrected chi connectivity index (χ0v) is 9.90. The first-order chi connectivity index (χ1) is 7.19. The Morgan fingerprint density at radius 2 is 2.20 bits per heavy atom. The van der Waals surface area contributed by atoms with Gasteiger partial charge in [-0.3, -0.25) is 4.98 Å². The van der Waals surface area contributed by atoms with Gasteiger partial charge in [0.05, 0.1) is 11.4 Å².